The maximum absolute atomic E-state index is 5.95. The SMILES string of the molecule is CCCOc1cc(N(CC)Cc2ccco2)ccc1N. The second-order valence-electron chi connectivity index (χ2n) is 4.66. The van der Waals surface area contributed by atoms with Gasteiger partial charge in [0.15, 0.2) is 0 Å². The van der Waals surface area contributed by atoms with E-state index in [9.17, 15) is 0 Å². The van der Waals surface area contributed by atoms with Crippen molar-refractivity contribution in [3.8, 4) is 5.75 Å². The van der Waals surface area contributed by atoms with Crippen molar-refractivity contribution in [3.63, 3.8) is 0 Å². The summed E-state index contributed by atoms with van der Waals surface area (Å²) in [7, 11) is 0. The van der Waals surface area contributed by atoms with Gasteiger partial charge in [0.25, 0.3) is 0 Å². The van der Waals surface area contributed by atoms with Crippen molar-refractivity contribution in [2.75, 3.05) is 23.8 Å². The Hall–Kier alpha value is -2.10. The molecular weight excluding hydrogens is 252 g/mol. The molecule has 0 aliphatic heterocycles. The summed E-state index contributed by atoms with van der Waals surface area (Å²) >= 11 is 0. The van der Waals surface area contributed by atoms with Gasteiger partial charge >= 0.3 is 0 Å². The molecule has 1 aromatic heterocycles. The fraction of sp³-hybridized carbons (Fsp3) is 0.375. The van der Waals surface area contributed by atoms with E-state index in [1.807, 2.05) is 30.3 Å². The van der Waals surface area contributed by atoms with Gasteiger partial charge in [-0.25, -0.2) is 0 Å². The van der Waals surface area contributed by atoms with Gasteiger partial charge in [0.1, 0.15) is 11.5 Å². The van der Waals surface area contributed by atoms with Gasteiger partial charge in [0.05, 0.1) is 25.1 Å². The highest BCUT2D eigenvalue weighted by molar-refractivity contribution is 5.62. The van der Waals surface area contributed by atoms with Gasteiger partial charge in [-0.05, 0) is 37.6 Å². The standard InChI is InChI=1S/C16H22N2O2/c1-3-9-20-16-11-13(7-8-15(16)17)18(4-2)12-14-6-5-10-19-14/h5-8,10-11H,3-4,9,12,17H2,1-2H3. The molecule has 20 heavy (non-hydrogen) atoms. The van der Waals surface area contributed by atoms with Crippen molar-refractivity contribution in [1.29, 1.82) is 0 Å². The van der Waals surface area contributed by atoms with Crippen LogP contribution in [0.4, 0.5) is 11.4 Å². The Morgan fingerprint density at radius 3 is 2.75 bits per heavy atom. The van der Waals surface area contributed by atoms with Gasteiger partial charge in [0, 0.05) is 18.3 Å². The molecule has 0 unspecified atom stereocenters. The highest BCUT2D eigenvalue weighted by Crippen LogP contribution is 2.28. The van der Waals surface area contributed by atoms with Gasteiger partial charge in [-0.3, -0.25) is 0 Å². The zero-order chi connectivity index (χ0) is 14.4. The summed E-state index contributed by atoms with van der Waals surface area (Å²) < 4.78 is 11.1. The number of hydrogen-bond donors (Lipinski definition) is 1. The van der Waals surface area contributed by atoms with Crippen LogP contribution in [0.5, 0.6) is 5.75 Å². The Bertz CT molecular complexity index is 523. The van der Waals surface area contributed by atoms with Crippen LogP contribution in [-0.4, -0.2) is 13.2 Å². The highest BCUT2D eigenvalue weighted by Gasteiger charge is 2.10. The van der Waals surface area contributed by atoms with Crippen LogP contribution in [0.3, 0.4) is 0 Å². The third kappa shape index (κ3) is 3.47. The van der Waals surface area contributed by atoms with E-state index >= 15 is 0 Å². The lowest BCUT2D eigenvalue weighted by atomic mass is 10.2. The number of ether oxygens (including phenoxy) is 1. The second kappa shape index (κ2) is 6.89. The first-order valence-electron chi connectivity index (χ1n) is 7.04. The van der Waals surface area contributed by atoms with E-state index in [-0.39, 0.29) is 0 Å². The first-order chi connectivity index (χ1) is 9.74. The number of nitrogen functional groups attached to an aromatic ring is 1. The summed E-state index contributed by atoms with van der Waals surface area (Å²) in [4.78, 5) is 2.22. The van der Waals surface area contributed by atoms with E-state index in [4.69, 9.17) is 14.9 Å². The number of anilines is 2. The molecule has 4 nitrogen and oxygen atoms in total. The van der Waals surface area contributed by atoms with Crippen LogP contribution in [0.1, 0.15) is 26.0 Å². The first-order valence-corrected chi connectivity index (χ1v) is 7.04. The van der Waals surface area contributed by atoms with Crippen LogP contribution in [0.15, 0.2) is 41.0 Å². The number of benzene rings is 1. The van der Waals surface area contributed by atoms with Crippen LogP contribution < -0.4 is 15.4 Å². The molecule has 0 bridgehead atoms. The third-order valence-corrected chi connectivity index (χ3v) is 3.13. The molecule has 2 aromatic rings. The van der Waals surface area contributed by atoms with Crippen LogP contribution in [-0.2, 0) is 6.54 Å². The van der Waals surface area contributed by atoms with Crippen LogP contribution >= 0.6 is 0 Å². The monoisotopic (exact) mass is 274 g/mol. The van der Waals surface area contributed by atoms with Crippen LogP contribution in [0, 0.1) is 0 Å². The molecule has 108 valence electrons. The van der Waals surface area contributed by atoms with Crippen molar-refractivity contribution in [2.45, 2.75) is 26.8 Å². The molecule has 4 heteroatoms. The lowest BCUT2D eigenvalue weighted by molar-refractivity contribution is 0.319. The summed E-state index contributed by atoms with van der Waals surface area (Å²) in [6.45, 7) is 6.50. The lowest BCUT2D eigenvalue weighted by Crippen LogP contribution is -2.21. The van der Waals surface area contributed by atoms with Gasteiger partial charge < -0.3 is 19.8 Å². The summed E-state index contributed by atoms with van der Waals surface area (Å²) in [5.41, 5.74) is 7.71. The van der Waals surface area contributed by atoms with E-state index < -0.39 is 0 Å². The predicted molar refractivity (Wildman–Crippen MR) is 82.1 cm³/mol. The first kappa shape index (κ1) is 14.3. The van der Waals surface area contributed by atoms with E-state index in [0.717, 1.165) is 36.7 Å². The Balaban J connectivity index is 2.16. The summed E-state index contributed by atoms with van der Waals surface area (Å²) in [5.74, 6) is 1.70. The highest BCUT2D eigenvalue weighted by atomic mass is 16.5. The van der Waals surface area contributed by atoms with E-state index in [2.05, 4.69) is 18.7 Å². The smallest absolute Gasteiger partial charge is 0.144 e. The molecule has 0 atom stereocenters. The third-order valence-electron chi connectivity index (χ3n) is 3.13. The van der Waals surface area contributed by atoms with Gasteiger partial charge in [0.2, 0.25) is 0 Å². The molecule has 0 spiro atoms. The van der Waals surface area contributed by atoms with Gasteiger partial charge in [-0.15, -0.1) is 0 Å². The Kier molecular flexibility index (Phi) is 4.93. The van der Waals surface area contributed by atoms with Crippen LogP contribution in [0.25, 0.3) is 0 Å². The fourth-order valence-electron chi connectivity index (χ4n) is 2.03. The zero-order valence-corrected chi connectivity index (χ0v) is 12.1. The largest absolute Gasteiger partial charge is 0.491 e. The van der Waals surface area contributed by atoms with E-state index in [1.54, 1.807) is 6.26 Å². The molecule has 2 rings (SSSR count). The Labute approximate surface area is 120 Å². The molecule has 0 amide bonds. The summed E-state index contributed by atoms with van der Waals surface area (Å²) in [6.07, 6.45) is 2.66. The average Bonchev–Trinajstić information content (AvgIpc) is 2.97. The van der Waals surface area contributed by atoms with Crippen molar-refractivity contribution >= 4 is 11.4 Å². The number of rotatable bonds is 7. The number of nitrogens with two attached hydrogens (primary N) is 1. The molecule has 1 heterocycles. The maximum atomic E-state index is 5.95. The molecule has 0 aliphatic carbocycles. The second-order valence-corrected chi connectivity index (χ2v) is 4.66. The maximum Gasteiger partial charge on any atom is 0.144 e. The summed E-state index contributed by atoms with van der Waals surface area (Å²) in [6, 6.07) is 9.79. The van der Waals surface area contributed by atoms with Gasteiger partial charge in [-0.2, -0.15) is 0 Å². The van der Waals surface area contributed by atoms with Crippen molar-refractivity contribution in [2.24, 2.45) is 0 Å². The van der Waals surface area contributed by atoms with Crippen molar-refractivity contribution in [3.05, 3.63) is 42.4 Å². The number of hydrogen-bond acceptors (Lipinski definition) is 4. The molecule has 0 aliphatic rings. The molecule has 0 saturated heterocycles. The fourth-order valence-corrected chi connectivity index (χ4v) is 2.03. The molecule has 0 radical (unpaired) electrons. The minimum absolute atomic E-state index is 0.677. The van der Waals surface area contributed by atoms with Gasteiger partial charge in [-0.1, -0.05) is 6.92 Å². The summed E-state index contributed by atoms with van der Waals surface area (Å²) in [5, 5.41) is 0. The minimum Gasteiger partial charge on any atom is -0.491 e. The Morgan fingerprint density at radius 1 is 1.25 bits per heavy atom. The molecule has 0 fully saturated rings. The molecule has 0 saturated carbocycles. The predicted octanol–water partition coefficient (Wildman–Crippen LogP) is 3.68. The minimum atomic E-state index is 0.677. The van der Waals surface area contributed by atoms with Crippen molar-refractivity contribution in [1.82, 2.24) is 0 Å². The van der Waals surface area contributed by atoms with E-state index in [1.165, 1.54) is 0 Å². The van der Waals surface area contributed by atoms with E-state index in [0.29, 0.717) is 12.3 Å². The Morgan fingerprint density at radius 2 is 2.10 bits per heavy atom. The van der Waals surface area contributed by atoms with Crippen molar-refractivity contribution < 1.29 is 9.15 Å². The average molecular weight is 274 g/mol. The normalized spacial score (nSPS) is 10.5. The lowest BCUT2D eigenvalue weighted by Gasteiger charge is -2.23. The topological polar surface area (TPSA) is 51.6 Å². The molecule has 2 N–H and O–H groups in total. The van der Waals surface area contributed by atoms with Crippen LogP contribution in [0.2, 0.25) is 0 Å². The molecule has 1 aromatic carbocycles. The zero-order valence-electron chi connectivity index (χ0n) is 12.1. The number of nitrogens with zero attached hydrogens (tertiary/aromatic N) is 1. The number of furan rings is 1. The molecular formula is C16H22N2O2. The quantitative estimate of drug-likeness (QED) is 0.783.